The average Bonchev–Trinajstić information content (AvgIpc) is 2.81. The van der Waals surface area contributed by atoms with Crippen molar-refractivity contribution < 1.29 is 9.90 Å². The van der Waals surface area contributed by atoms with Gasteiger partial charge in [0.2, 0.25) is 0 Å². The summed E-state index contributed by atoms with van der Waals surface area (Å²) in [7, 11) is 1.85. The Kier molecular flexibility index (Phi) is 4.21. The molecule has 1 aromatic carbocycles. The first-order chi connectivity index (χ1) is 9.08. The number of nitrogens with zero attached hydrogens (tertiary/aromatic N) is 3. The molecule has 1 heterocycles. The molecule has 0 bridgehead atoms. The molecule has 0 saturated carbocycles. The van der Waals surface area contributed by atoms with E-state index in [1.165, 1.54) is 6.33 Å². The van der Waals surface area contributed by atoms with Gasteiger partial charge in [0, 0.05) is 12.8 Å². The normalized spacial score (nSPS) is 12.3. The lowest BCUT2D eigenvalue weighted by Crippen LogP contribution is -2.07. The van der Waals surface area contributed by atoms with E-state index in [2.05, 4.69) is 10.1 Å². The molecule has 0 radical (unpaired) electrons. The lowest BCUT2D eigenvalue weighted by molar-refractivity contribution is -0.138. The van der Waals surface area contributed by atoms with Crippen LogP contribution in [0, 0.1) is 0 Å². The van der Waals surface area contributed by atoms with Crippen LogP contribution < -0.4 is 0 Å². The van der Waals surface area contributed by atoms with Crippen LogP contribution in [0.15, 0.2) is 35.7 Å². The zero-order valence-electron chi connectivity index (χ0n) is 10.8. The van der Waals surface area contributed by atoms with Gasteiger partial charge in [-0.3, -0.25) is 4.79 Å². The van der Waals surface area contributed by atoms with Crippen molar-refractivity contribution in [2.75, 3.05) is 0 Å². The van der Waals surface area contributed by atoms with Crippen LogP contribution in [0.2, 0.25) is 0 Å². The Hall–Kier alpha value is -1.82. The topological polar surface area (TPSA) is 68.0 Å². The molecular formula is C13H15N3O2S. The summed E-state index contributed by atoms with van der Waals surface area (Å²) in [5.74, 6) is -0.490. The minimum atomic E-state index is -0.804. The Morgan fingerprint density at radius 2 is 2.11 bits per heavy atom. The van der Waals surface area contributed by atoms with Gasteiger partial charge in [-0.15, -0.1) is 0 Å². The van der Waals surface area contributed by atoms with E-state index in [1.54, 1.807) is 23.4 Å². The van der Waals surface area contributed by atoms with E-state index in [0.717, 1.165) is 22.0 Å². The largest absolute Gasteiger partial charge is 0.481 e. The fourth-order valence-corrected chi connectivity index (χ4v) is 2.45. The van der Waals surface area contributed by atoms with E-state index in [-0.39, 0.29) is 0 Å². The van der Waals surface area contributed by atoms with E-state index in [1.807, 2.05) is 31.3 Å². The smallest absolute Gasteiger partial charge is 0.310 e. The third-order valence-electron chi connectivity index (χ3n) is 2.89. The van der Waals surface area contributed by atoms with Gasteiger partial charge in [-0.2, -0.15) is 5.10 Å². The Labute approximate surface area is 115 Å². The van der Waals surface area contributed by atoms with Crippen molar-refractivity contribution in [2.45, 2.75) is 23.8 Å². The zero-order chi connectivity index (χ0) is 13.8. The SMILES string of the molecule is CC(C(=O)O)c1ccc(CSc2ncnn2C)cc1. The van der Waals surface area contributed by atoms with Gasteiger partial charge in [-0.05, 0) is 18.1 Å². The average molecular weight is 277 g/mol. The second kappa shape index (κ2) is 5.88. The van der Waals surface area contributed by atoms with Crippen molar-refractivity contribution in [1.82, 2.24) is 14.8 Å². The summed E-state index contributed by atoms with van der Waals surface area (Å²) >= 11 is 1.60. The molecule has 1 unspecified atom stereocenters. The van der Waals surface area contributed by atoms with E-state index >= 15 is 0 Å². The summed E-state index contributed by atoms with van der Waals surface area (Å²) in [6.45, 7) is 1.69. The molecule has 2 rings (SSSR count). The maximum Gasteiger partial charge on any atom is 0.310 e. The van der Waals surface area contributed by atoms with Gasteiger partial charge in [-0.1, -0.05) is 36.0 Å². The van der Waals surface area contributed by atoms with Crippen molar-refractivity contribution in [3.8, 4) is 0 Å². The maximum atomic E-state index is 10.9. The molecule has 0 saturated heterocycles. The third kappa shape index (κ3) is 3.35. The predicted octanol–water partition coefficient (Wildman–Crippen LogP) is 2.30. The quantitative estimate of drug-likeness (QED) is 0.849. The summed E-state index contributed by atoms with van der Waals surface area (Å²) in [4.78, 5) is 15.0. The Morgan fingerprint density at radius 1 is 1.42 bits per heavy atom. The van der Waals surface area contributed by atoms with Crippen molar-refractivity contribution >= 4 is 17.7 Å². The molecule has 2 aromatic rings. The summed E-state index contributed by atoms with van der Waals surface area (Å²) in [5, 5.41) is 13.8. The molecule has 0 aliphatic carbocycles. The lowest BCUT2D eigenvalue weighted by Gasteiger charge is -2.07. The highest BCUT2D eigenvalue weighted by molar-refractivity contribution is 7.98. The number of benzene rings is 1. The molecular weight excluding hydrogens is 262 g/mol. The van der Waals surface area contributed by atoms with Crippen molar-refractivity contribution in [3.63, 3.8) is 0 Å². The molecule has 0 amide bonds. The van der Waals surface area contributed by atoms with Gasteiger partial charge in [0.15, 0.2) is 5.16 Å². The fraction of sp³-hybridized carbons (Fsp3) is 0.308. The van der Waals surface area contributed by atoms with Crippen molar-refractivity contribution in [1.29, 1.82) is 0 Å². The fourth-order valence-electron chi connectivity index (χ4n) is 1.61. The minimum Gasteiger partial charge on any atom is -0.481 e. The molecule has 5 nitrogen and oxygen atoms in total. The monoisotopic (exact) mass is 277 g/mol. The molecule has 1 atom stereocenters. The first-order valence-electron chi connectivity index (χ1n) is 5.86. The molecule has 6 heteroatoms. The number of thioether (sulfide) groups is 1. The molecule has 0 aliphatic heterocycles. The highest BCUT2D eigenvalue weighted by atomic mass is 32.2. The second-order valence-corrected chi connectivity index (χ2v) is 5.20. The van der Waals surface area contributed by atoms with Crippen LogP contribution in [0.4, 0.5) is 0 Å². The number of rotatable bonds is 5. The van der Waals surface area contributed by atoms with Crippen molar-refractivity contribution in [3.05, 3.63) is 41.7 Å². The van der Waals surface area contributed by atoms with E-state index < -0.39 is 11.9 Å². The first-order valence-corrected chi connectivity index (χ1v) is 6.85. The predicted molar refractivity (Wildman–Crippen MR) is 73.1 cm³/mol. The molecule has 1 N–H and O–H groups in total. The highest BCUT2D eigenvalue weighted by Gasteiger charge is 2.13. The molecule has 1 aromatic heterocycles. The molecule has 0 fully saturated rings. The number of aryl methyl sites for hydroxylation is 1. The van der Waals surface area contributed by atoms with Crippen LogP contribution in [0.3, 0.4) is 0 Å². The molecule has 19 heavy (non-hydrogen) atoms. The van der Waals surface area contributed by atoms with E-state index in [9.17, 15) is 4.79 Å². The van der Waals surface area contributed by atoms with Crippen LogP contribution >= 0.6 is 11.8 Å². The summed E-state index contributed by atoms with van der Waals surface area (Å²) in [6.07, 6.45) is 1.53. The van der Waals surface area contributed by atoms with Crippen LogP contribution in [0.1, 0.15) is 24.0 Å². The van der Waals surface area contributed by atoms with Crippen LogP contribution in [0.25, 0.3) is 0 Å². The molecule has 0 aliphatic rings. The van der Waals surface area contributed by atoms with Crippen LogP contribution in [0.5, 0.6) is 0 Å². The number of aromatic nitrogens is 3. The molecule has 0 spiro atoms. The maximum absolute atomic E-state index is 10.9. The summed E-state index contributed by atoms with van der Waals surface area (Å²) < 4.78 is 1.73. The second-order valence-electron chi connectivity index (χ2n) is 4.26. The number of hydrogen-bond donors (Lipinski definition) is 1. The zero-order valence-corrected chi connectivity index (χ0v) is 11.6. The Bertz CT molecular complexity index is 566. The third-order valence-corrected chi connectivity index (χ3v) is 3.99. The van der Waals surface area contributed by atoms with Gasteiger partial charge in [0.05, 0.1) is 5.92 Å². The van der Waals surface area contributed by atoms with E-state index in [0.29, 0.717) is 0 Å². The van der Waals surface area contributed by atoms with Crippen LogP contribution in [-0.4, -0.2) is 25.8 Å². The highest BCUT2D eigenvalue weighted by Crippen LogP contribution is 2.22. The number of carbonyl (C=O) groups is 1. The van der Waals surface area contributed by atoms with Gasteiger partial charge in [0.25, 0.3) is 0 Å². The summed E-state index contributed by atoms with van der Waals surface area (Å²) in [6, 6.07) is 7.65. The first kappa shape index (κ1) is 13.6. The molecule has 100 valence electrons. The van der Waals surface area contributed by atoms with Gasteiger partial charge in [-0.25, -0.2) is 9.67 Å². The minimum absolute atomic E-state index is 0.472. The Morgan fingerprint density at radius 3 is 2.63 bits per heavy atom. The van der Waals surface area contributed by atoms with Crippen molar-refractivity contribution in [2.24, 2.45) is 7.05 Å². The number of carboxylic acids is 1. The Balaban J connectivity index is 1.99. The number of aliphatic carboxylic acids is 1. The lowest BCUT2D eigenvalue weighted by atomic mass is 10.0. The van der Waals surface area contributed by atoms with Gasteiger partial charge >= 0.3 is 5.97 Å². The van der Waals surface area contributed by atoms with E-state index in [4.69, 9.17) is 5.11 Å². The van der Waals surface area contributed by atoms with Gasteiger partial charge in [0.1, 0.15) is 6.33 Å². The van der Waals surface area contributed by atoms with Gasteiger partial charge < -0.3 is 5.11 Å². The van der Waals surface area contributed by atoms with Crippen LogP contribution in [-0.2, 0) is 17.6 Å². The standard InChI is InChI=1S/C13H15N3O2S/c1-9(12(17)18)11-5-3-10(4-6-11)7-19-13-14-8-15-16(13)2/h3-6,8-9H,7H2,1-2H3,(H,17,18). The number of hydrogen-bond acceptors (Lipinski definition) is 4. The number of carboxylic acid groups (broad SMARTS) is 1. The summed E-state index contributed by atoms with van der Waals surface area (Å²) in [5.41, 5.74) is 1.95.